The summed E-state index contributed by atoms with van der Waals surface area (Å²) in [5, 5.41) is 0. The number of pyridine rings is 1. The molecule has 110 valence electrons. The van der Waals surface area contributed by atoms with E-state index in [-0.39, 0.29) is 11.3 Å². The molecule has 0 aliphatic carbocycles. The monoisotopic (exact) mass is 292 g/mol. The predicted octanol–water partition coefficient (Wildman–Crippen LogP) is 1.68. The molecule has 1 aromatic rings. The van der Waals surface area contributed by atoms with Crippen LogP contribution in [0.15, 0.2) is 17.3 Å². The number of halogens is 4. The number of aromatic nitrogens is 1. The minimum absolute atomic E-state index is 0.117. The number of hydrogen-bond donors (Lipinski definition) is 2. The van der Waals surface area contributed by atoms with Gasteiger partial charge in [0.2, 0.25) is 5.95 Å². The quantitative estimate of drug-likeness (QED) is 0.609. The molecule has 0 aromatic carbocycles. The van der Waals surface area contributed by atoms with Gasteiger partial charge >= 0.3 is 6.18 Å². The van der Waals surface area contributed by atoms with Gasteiger partial charge in [0.05, 0.1) is 17.4 Å². The lowest BCUT2D eigenvalue weighted by molar-refractivity contribution is -0.208. The maximum atomic E-state index is 13.8. The number of nitrogens with zero attached hydrogens (tertiary/aromatic N) is 2. The lowest BCUT2D eigenvalue weighted by Crippen LogP contribution is -2.46. The second kappa shape index (κ2) is 4.50. The van der Waals surface area contributed by atoms with Crippen molar-refractivity contribution in [2.24, 2.45) is 10.7 Å². The van der Waals surface area contributed by atoms with Crippen molar-refractivity contribution >= 4 is 11.7 Å². The minimum atomic E-state index is -4.63. The van der Waals surface area contributed by atoms with Crippen molar-refractivity contribution in [2.75, 3.05) is 5.73 Å². The highest BCUT2D eigenvalue weighted by atomic mass is 19.4. The molecule has 20 heavy (non-hydrogen) atoms. The van der Waals surface area contributed by atoms with Gasteiger partial charge in [0, 0.05) is 12.0 Å². The van der Waals surface area contributed by atoms with Crippen molar-refractivity contribution < 1.29 is 22.3 Å². The molecule has 1 aliphatic heterocycles. The Labute approximate surface area is 111 Å². The number of amidine groups is 1. The zero-order valence-electron chi connectivity index (χ0n) is 10.4. The molecule has 0 amide bonds. The first-order chi connectivity index (χ1) is 9.12. The third-order valence-electron chi connectivity index (χ3n) is 3.01. The molecule has 0 bridgehead atoms. The maximum Gasteiger partial charge on any atom is 0.425 e. The van der Waals surface area contributed by atoms with E-state index in [1.165, 1.54) is 13.0 Å². The molecule has 4 N–H and O–H groups in total. The zero-order chi connectivity index (χ0) is 15.1. The van der Waals surface area contributed by atoms with E-state index >= 15 is 0 Å². The van der Waals surface area contributed by atoms with E-state index in [1.54, 1.807) is 0 Å². The molecule has 0 saturated heterocycles. The van der Waals surface area contributed by atoms with E-state index in [0.717, 1.165) is 6.20 Å². The molecule has 9 heteroatoms. The Bertz CT molecular complexity index is 560. The fraction of sp³-hybridized carbons (Fsp3) is 0.455. The third-order valence-corrected chi connectivity index (χ3v) is 3.01. The largest absolute Gasteiger partial charge is 0.452 e. The van der Waals surface area contributed by atoms with Crippen molar-refractivity contribution in [3.05, 3.63) is 23.8 Å². The number of rotatable bonds is 1. The van der Waals surface area contributed by atoms with Gasteiger partial charge in [-0.15, -0.1) is 0 Å². The molecule has 1 aromatic heterocycles. The van der Waals surface area contributed by atoms with Crippen LogP contribution in [0.5, 0.6) is 0 Å². The SMILES string of the molecule is CC1(c2cc(N)cnc2F)CC(C(F)(F)F)OC(N)=N1. The smallest absolute Gasteiger partial charge is 0.425 e. The molecule has 0 saturated carbocycles. The standard InChI is InChI=1S/C11H12F4N4O/c1-10(6-2-5(16)4-18-8(6)12)3-7(11(13,14)15)20-9(17)19-10/h2,4,7H,3,16H2,1H3,(H2,17,19). The molecule has 2 unspecified atom stereocenters. The number of alkyl halides is 3. The molecule has 0 fully saturated rings. The van der Waals surface area contributed by atoms with Crippen LogP contribution in [0.1, 0.15) is 18.9 Å². The highest BCUT2D eigenvalue weighted by Crippen LogP contribution is 2.40. The number of nitrogen functional groups attached to an aromatic ring is 1. The minimum Gasteiger partial charge on any atom is -0.452 e. The Morgan fingerprint density at radius 2 is 2.05 bits per heavy atom. The average molecular weight is 292 g/mol. The predicted molar refractivity (Wildman–Crippen MR) is 63.1 cm³/mol. The van der Waals surface area contributed by atoms with Crippen LogP contribution in [-0.4, -0.2) is 23.3 Å². The molecular weight excluding hydrogens is 280 g/mol. The summed E-state index contributed by atoms with van der Waals surface area (Å²) >= 11 is 0. The van der Waals surface area contributed by atoms with E-state index in [0.29, 0.717) is 0 Å². The van der Waals surface area contributed by atoms with Crippen LogP contribution in [-0.2, 0) is 10.3 Å². The van der Waals surface area contributed by atoms with Gasteiger partial charge in [0.15, 0.2) is 6.10 Å². The van der Waals surface area contributed by atoms with Crippen LogP contribution in [0.3, 0.4) is 0 Å². The van der Waals surface area contributed by atoms with Crippen LogP contribution in [0.2, 0.25) is 0 Å². The van der Waals surface area contributed by atoms with Crippen molar-refractivity contribution in [2.45, 2.75) is 31.2 Å². The highest BCUT2D eigenvalue weighted by molar-refractivity contribution is 5.73. The Hall–Kier alpha value is -2.06. The number of nitrogens with two attached hydrogens (primary N) is 2. The molecular formula is C11H12F4N4O. The molecule has 2 heterocycles. The second-order valence-electron chi connectivity index (χ2n) is 4.68. The number of aliphatic imine (C=N–C) groups is 1. The summed E-state index contributed by atoms with van der Waals surface area (Å²) in [6, 6.07) is 0.542. The summed E-state index contributed by atoms with van der Waals surface area (Å²) in [4.78, 5) is 7.17. The van der Waals surface area contributed by atoms with Gasteiger partial charge in [0.1, 0.15) is 0 Å². The third kappa shape index (κ3) is 2.61. The fourth-order valence-corrected chi connectivity index (χ4v) is 2.06. The van der Waals surface area contributed by atoms with E-state index in [1.807, 2.05) is 0 Å². The molecule has 1 aliphatic rings. The summed E-state index contributed by atoms with van der Waals surface area (Å²) in [6.07, 6.45) is -6.34. The van der Waals surface area contributed by atoms with E-state index in [2.05, 4.69) is 14.7 Å². The Kier molecular flexibility index (Phi) is 3.23. The fourth-order valence-electron chi connectivity index (χ4n) is 2.06. The average Bonchev–Trinajstić information content (AvgIpc) is 2.30. The lowest BCUT2D eigenvalue weighted by Gasteiger charge is -2.35. The van der Waals surface area contributed by atoms with Gasteiger partial charge in [-0.25, -0.2) is 9.98 Å². The first-order valence-corrected chi connectivity index (χ1v) is 5.62. The van der Waals surface area contributed by atoms with Gasteiger partial charge in [-0.1, -0.05) is 0 Å². The van der Waals surface area contributed by atoms with Gasteiger partial charge in [-0.05, 0) is 13.0 Å². The summed E-state index contributed by atoms with van der Waals surface area (Å²) in [7, 11) is 0. The van der Waals surface area contributed by atoms with Crippen molar-refractivity contribution in [1.29, 1.82) is 0 Å². The maximum absolute atomic E-state index is 13.8. The molecule has 5 nitrogen and oxygen atoms in total. The first kappa shape index (κ1) is 14.4. The zero-order valence-corrected chi connectivity index (χ0v) is 10.4. The Morgan fingerprint density at radius 1 is 1.40 bits per heavy atom. The summed E-state index contributed by atoms with van der Waals surface area (Å²) in [5.41, 5.74) is 9.18. The number of hydrogen-bond acceptors (Lipinski definition) is 5. The van der Waals surface area contributed by atoms with Crippen LogP contribution in [0.25, 0.3) is 0 Å². The molecule has 0 radical (unpaired) electrons. The number of anilines is 1. The van der Waals surface area contributed by atoms with Crippen molar-refractivity contribution in [3.63, 3.8) is 0 Å². The van der Waals surface area contributed by atoms with Crippen LogP contribution < -0.4 is 11.5 Å². The lowest BCUT2D eigenvalue weighted by atomic mass is 9.86. The summed E-state index contributed by atoms with van der Waals surface area (Å²) in [6.45, 7) is 1.32. The normalized spacial score (nSPS) is 26.9. The molecule has 2 atom stereocenters. The van der Waals surface area contributed by atoms with E-state index < -0.39 is 36.2 Å². The topological polar surface area (TPSA) is 86.5 Å². The first-order valence-electron chi connectivity index (χ1n) is 5.62. The second-order valence-corrected chi connectivity index (χ2v) is 4.68. The van der Waals surface area contributed by atoms with Gasteiger partial charge in [0.25, 0.3) is 6.02 Å². The van der Waals surface area contributed by atoms with Gasteiger partial charge in [-0.2, -0.15) is 17.6 Å². The van der Waals surface area contributed by atoms with E-state index in [9.17, 15) is 17.6 Å². The summed E-state index contributed by atoms with van der Waals surface area (Å²) in [5.74, 6) is -0.943. The summed E-state index contributed by atoms with van der Waals surface area (Å²) < 4.78 is 56.6. The number of ether oxygens (including phenoxy) is 1. The van der Waals surface area contributed by atoms with Crippen molar-refractivity contribution in [3.8, 4) is 0 Å². The van der Waals surface area contributed by atoms with Crippen LogP contribution >= 0.6 is 0 Å². The van der Waals surface area contributed by atoms with Gasteiger partial charge < -0.3 is 16.2 Å². The molecule has 2 rings (SSSR count). The van der Waals surface area contributed by atoms with Crippen LogP contribution in [0, 0.1) is 5.95 Å². The Balaban J connectivity index is 2.48. The van der Waals surface area contributed by atoms with E-state index in [4.69, 9.17) is 11.5 Å². The van der Waals surface area contributed by atoms with Crippen molar-refractivity contribution in [1.82, 2.24) is 4.98 Å². The van der Waals surface area contributed by atoms with Crippen LogP contribution in [0.4, 0.5) is 23.2 Å². The van der Waals surface area contributed by atoms with Gasteiger partial charge in [-0.3, -0.25) is 0 Å². The Morgan fingerprint density at radius 3 is 2.65 bits per heavy atom. The highest BCUT2D eigenvalue weighted by Gasteiger charge is 2.50. The molecule has 0 spiro atoms.